The van der Waals surface area contributed by atoms with E-state index in [1.165, 1.54) is 6.42 Å². The topological polar surface area (TPSA) is 47.7 Å². The van der Waals surface area contributed by atoms with Crippen molar-refractivity contribution in [2.45, 2.75) is 45.4 Å². The molecule has 0 aliphatic heterocycles. The highest BCUT2D eigenvalue weighted by atomic mass is 19.2. The van der Waals surface area contributed by atoms with Gasteiger partial charge in [-0.25, -0.2) is 8.78 Å². The minimum atomic E-state index is -0.823. The van der Waals surface area contributed by atoms with E-state index < -0.39 is 11.6 Å². The van der Waals surface area contributed by atoms with Crippen LogP contribution in [-0.4, -0.2) is 40.5 Å². The van der Waals surface area contributed by atoms with Gasteiger partial charge in [0.05, 0.1) is 13.2 Å². The number of aryl methyl sites for hydroxylation is 1. The maximum Gasteiger partial charge on any atom is 0.166 e. The Morgan fingerprint density at radius 1 is 0.839 bits per heavy atom. The first-order valence-electron chi connectivity index (χ1n) is 11.1. The van der Waals surface area contributed by atoms with Crippen LogP contribution in [0.5, 0.6) is 0 Å². The van der Waals surface area contributed by atoms with Crippen LogP contribution in [0.4, 0.5) is 20.2 Å². The van der Waals surface area contributed by atoms with Crippen molar-refractivity contribution in [3.8, 4) is 11.1 Å². The molecule has 6 heteroatoms. The quantitative estimate of drug-likeness (QED) is 0.300. The van der Waals surface area contributed by atoms with E-state index in [9.17, 15) is 4.39 Å². The lowest BCUT2D eigenvalue weighted by molar-refractivity contribution is 0.190. The van der Waals surface area contributed by atoms with Crippen LogP contribution in [-0.2, 0) is 15.9 Å². The van der Waals surface area contributed by atoms with Crippen LogP contribution < -0.4 is 10.6 Å². The highest BCUT2D eigenvalue weighted by Gasteiger charge is 2.20. The number of nitrogen functional groups attached to an aromatic ring is 1. The molecule has 0 atom stereocenters. The lowest BCUT2D eigenvalue weighted by Crippen LogP contribution is -2.31. The standard InChI is InChI=1S/C25H36F2N2O2/c1-4-5-6-7-8-9-19-10-12-21(25(27)24(19)26)22-18-20(28)11-13-23(22)29(14-16-30-2)15-17-31-3/h10-13,18H,4-9,14-17,28H2,1-3H3. The van der Waals surface area contributed by atoms with Gasteiger partial charge < -0.3 is 20.1 Å². The molecule has 0 aromatic heterocycles. The Hall–Kier alpha value is -2.18. The van der Waals surface area contributed by atoms with E-state index in [1.807, 2.05) is 11.0 Å². The van der Waals surface area contributed by atoms with Crippen molar-refractivity contribution in [1.29, 1.82) is 0 Å². The summed E-state index contributed by atoms with van der Waals surface area (Å²) in [6, 6.07) is 8.68. The van der Waals surface area contributed by atoms with Gasteiger partial charge in [0.2, 0.25) is 0 Å². The van der Waals surface area contributed by atoms with E-state index in [0.717, 1.165) is 31.4 Å². The van der Waals surface area contributed by atoms with Crippen LogP contribution in [0.15, 0.2) is 30.3 Å². The fourth-order valence-corrected chi connectivity index (χ4v) is 3.71. The highest BCUT2D eigenvalue weighted by molar-refractivity contribution is 5.82. The predicted molar refractivity (Wildman–Crippen MR) is 125 cm³/mol. The molecule has 2 N–H and O–H groups in total. The lowest BCUT2D eigenvalue weighted by atomic mass is 9.97. The number of nitrogens with two attached hydrogens (primary N) is 1. The molecular formula is C25H36F2N2O2. The van der Waals surface area contributed by atoms with Crippen molar-refractivity contribution in [2.75, 3.05) is 51.2 Å². The molecule has 0 heterocycles. The third-order valence-electron chi connectivity index (χ3n) is 5.49. The molecule has 2 rings (SSSR count). The van der Waals surface area contributed by atoms with Gasteiger partial charge in [-0.15, -0.1) is 0 Å². The summed E-state index contributed by atoms with van der Waals surface area (Å²) in [5.74, 6) is -1.59. The van der Waals surface area contributed by atoms with E-state index in [2.05, 4.69) is 6.92 Å². The molecule has 0 spiro atoms. The molecule has 2 aromatic rings. The van der Waals surface area contributed by atoms with Crippen LogP contribution in [0.25, 0.3) is 11.1 Å². The van der Waals surface area contributed by atoms with E-state index in [4.69, 9.17) is 15.2 Å². The highest BCUT2D eigenvalue weighted by Crippen LogP contribution is 2.36. The van der Waals surface area contributed by atoms with Crippen molar-refractivity contribution in [3.05, 3.63) is 47.5 Å². The van der Waals surface area contributed by atoms with Gasteiger partial charge in [-0.1, -0.05) is 44.7 Å². The van der Waals surface area contributed by atoms with Crippen molar-refractivity contribution in [2.24, 2.45) is 0 Å². The SMILES string of the molecule is CCCCCCCc1ccc(-c2cc(N)ccc2N(CCOC)CCOC)c(F)c1F. The van der Waals surface area contributed by atoms with Gasteiger partial charge in [0.1, 0.15) is 0 Å². The van der Waals surface area contributed by atoms with Crippen LogP contribution >= 0.6 is 0 Å². The minimum Gasteiger partial charge on any atom is -0.399 e. The maximum absolute atomic E-state index is 15.2. The molecule has 2 aromatic carbocycles. The van der Waals surface area contributed by atoms with Crippen LogP contribution in [0, 0.1) is 11.6 Å². The fraction of sp³-hybridized carbons (Fsp3) is 0.520. The van der Waals surface area contributed by atoms with E-state index in [1.54, 1.807) is 38.5 Å². The molecule has 0 unspecified atom stereocenters. The largest absolute Gasteiger partial charge is 0.399 e. The minimum absolute atomic E-state index is 0.217. The number of benzene rings is 2. The number of unbranched alkanes of at least 4 members (excludes halogenated alkanes) is 4. The van der Waals surface area contributed by atoms with Crippen LogP contribution in [0.2, 0.25) is 0 Å². The Kier molecular flexibility index (Phi) is 10.7. The van der Waals surface area contributed by atoms with Crippen molar-refractivity contribution in [1.82, 2.24) is 0 Å². The average Bonchev–Trinajstić information content (AvgIpc) is 2.77. The smallest absolute Gasteiger partial charge is 0.166 e. The van der Waals surface area contributed by atoms with Gasteiger partial charge in [-0.2, -0.15) is 0 Å². The molecule has 31 heavy (non-hydrogen) atoms. The predicted octanol–water partition coefficient (Wildman–Crippen LogP) is 5.83. The summed E-state index contributed by atoms with van der Waals surface area (Å²) in [5, 5.41) is 0. The molecule has 0 aliphatic rings. The number of ether oxygens (including phenoxy) is 2. The summed E-state index contributed by atoms with van der Waals surface area (Å²) in [4.78, 5) is 2.04. The second-order valence-corrected chi connectivity index (χ2v) is 7.81. The van der Waals surface area contributed by atoms with Gasteiger partial charge in [0, 0.05) is 49.8 Å². The molecule has 0 saturated heterocycles. The number of rotatable bonds is 14. The Morgan fingerprint density at radius 3 is 2.16 bits per heavy atom. The molecular weight excluding hydrogens is 398 g/mol. The molecule has 0 aliphatic carbocycles. The zero-order chi connectivity index (χ0) is 22.6. The first-order chi connectivity index (χ1) is 15.0. The van der Waals surface area contributed by atoms with E-state index in [-0.39, 0.29) is 5.56 Å². The van der Waals surface area contributed by atoms with Gasteiger partial charge in [-0.05, 0) is 36.6 Å². The number of anilines is 2. The van der Waals surface area contributed by atoms with Crippen LogP contribution in [0.1, 0.15) is 44.6 Å². The van der Waals surface area contributed by atoms with Crippen molar-refractivity contribution in [3.63, 3.8) is 0 Å². The van der Waals surface area contributed by atoms with Crippen molar-refractivity contribution >= 4 is 11.4 Å². The normalized spacial score (nSPS) is 11.1. The Bertz CT molecular complexity index is 806. The number of hydrogen-bond acceptors (Lipinski definition) is 4. The first-order valence-corrected chi connectivity index (χ1v) is 11.1. The third-order valence-corrected chi connectivity index (χ3v) is 5.49. The number of hydrogen-bond donors (Lipinski definition) is 1. The second kappa shape index (κ2) is 13.3. The van der Waals surface area contributed by atoms with Crippen LogP contribution in [0.3, 0.4) is 0 Å². The zero-order valence-electron chi connectivity index (χ0n) is 19.1. The number of nitrogens with zero attached hydrogens (tertiary/aromatic N) is 1. The summed E-state index contributed by atoms with van der Waals surface area (Å²) in [5.41, 5.74) is 8.49. The first kappa shape index (κ1) is 25.1. The molecule has 0 fully saturated rings. The Balaban J connectivity index is 2.34. The summed E-state index contributed by atoms with van der Waals surface area (Å²) in [6.45, 7) is 4.35. The molecule has 172 valence electrons. The zero-order valence-corrected chi connectivity index (χ0v) is 19.1. The maximum atomic E-state index is 15.2. The molecule has 0 saturated carbocycles. The Morgan fingerprint density at radius 2 is 1.52 bits per heavy atom. The fourth-order valence-electron chi connectivity index (χ4n) is 3.71. The number of halogens is 2. The molecule has 4 nitrogen and oxygen atoms in total. The number of methoxy groups -OCH3 is 2. The van der Waals surface area contributed by atoms with E-state index >= 15 is 4.39 Å². The van der Waals surface area contributed by atoms with E-state index in [0.29, 0.717) is 49.5 Å². The average molecular weight is 435 g/mol. The molecule has 0 amide bonds. The monoisotopic (exact) mass is 434 g/mol. The van der Waals surface area contributed by atoms with Gasteiger partial charge in [0.25, 0.3) is 0 Å². The Labute approximate surface area is 185 Å². The van der Waals surface area contributed by atoms with Gasteiger partial charge >= 0.3 is 0 Å². The second-order valence-electron chi connectivity index (χ2n) is 7.81. The molecule has 0 radical (unpaired) electrons. The summed E-state index contributed by atoms with van der Waals surface area (Å²) >= 11 is 0. The summed E-state index contributed by atoms with van der Waals surface area (Å²) < 4.78 is 40.5. The van der Waals surface area contributed by atoms with Crippen molar-refractivity contribution < 1.29 is 18.3 Å². The molecule has 0 bridgehead atoms. The lowest BCUT2D eigenvalue weighted by Gasteiger charge is -2.27. The summed E-state index contributed by atoms with van der Waals surface area (Å²) in [7, 11) is 3.27. The van der Waals surface area contributed by atoms with Gasteiger partial charge in [0.15, 0.2) is 11.6 Å². The third kappa shape index (κ3) is 7.18. The summed E-state index contributed by atoms with van der Waals surface area (Å²) in [6.07, 6.45) is 5.90. The van der Waals surface area contributed by atoms with Gasteiger partial charge in [-0.3, -0.25) is 0 Å².